The number of hydrogen-bond donors (Lipinski definition) is 3. The molecule has 1 fully saturated rings. The van der Waals surface area contributed by atoms with E-state index in [-0.39, 0.29) is 11.9 Å². The van der Waals surface area contributed by atoms with Crippen LogP contribution in [0.4, 0.5) is 10.5 Å². The lowest BCUT2D eigenvalue weighted by Gasteiger charge is -2.32. The Labute approximate surface area is 156 Å². The molecule has 1 aromatic rings. The molecule has 3 N–H and O–H groups in total. The van der Waals surface area contributed by atoms with Gasteiger partial charge in [-0.1, -0.05) is 23.8 Å². The first-order valence-electron chi connectivity index (χ1n) is 8.49. The minimum absolute atomic E-state index is 0.135. The molecule has 0 aromatic heterocycles. The van der Waals surface area contributed by atoms with E-state index in [1.165, 1.54) is 4.90 Å². The number of nitrogens with one attached hydrogen (secondary N) is 2. The topological polar surface area (TPSA) is 98.7 Å². The Balaban J connectivity index is 1.71. The summed E-state index contributed by atoms with van der Waals surface area (Å²) in [7, 11) is 0. The van der Waals surface area contributed by atoms with Gasteiger partial charge in [-0.25, -0.2) is 9.59 Å². The SMILES string of the molecule is O=C(Nc1ccc(Cl)cc1)N[C@H]1CC=CC[C@@H]2CC[C@@H](C(=O)O)N2C1=O. The summed E-state index contributed by atoms with van der Waals surface area (Å²) in [6.45, 7) is 0. The average Bonchev–Trinajstić information content (AvgIpc) is 3.01. The lowest BCUT2D eigenvalue weighted by molar-refractivity contribution is -0.150. The molecule has 3 atom stereocenters. The molecule has 0 radical (unpaired) electrons. The van der Waals surface area contributed by atoms with Gasteiger partial charge in [0.05, 0.1) is 0 Å². The highest BCUT2D eigenvalue weighted by atomic mass is 35.5. The summed E-state index contributed by atoms with van der Waals surface area (Å²) >= 11 is 5.81. The van der Waals surface area contributed by atoms with Crippen molar-refractivity contribution in [2.24, 2.45) is 0 Å². The molecule has 0 bridgehead atoms. The van der Waals surface area contributed by atoms with Crippen LogP contribution in [0.15, 0.2) is 36.4 Å². The van der Waals surface area contributed by atoms with Crippen LogP contribution in [0, 0.1) is 0 Å². The summed E-state index contributed by atoms with van der Waals surface area (Å²) in [5.41, 5.74) is 0.545. The van der Waals surface area contributed by atoms with Crippen molar-refractivity contribution in [1.29, 1.82) is 0 Å². The molecule has 3 rings (SSSR count). The number of carbonyl (C=O) groups is 3. The Morgan fingerprint density at radius 3 is 2.50 bits per heavy atom. The predicted molar refractivity (Wildman–Crippen MR) is 97.1 cm³/mol. The van der Waals surface area contributed by atoms with Crippen LogP contribution >= 0.6 is 11.6 Å². The van der Waals surface area contributed by atoms with Crippen molar-refractivity contribution in [2.45, 2.75) is 43.8 Å². The van der Waals surface area contributed by atoms with Gasteiger partial charge in [-0.15, -0.1) is 0 Å². The predicted octanol–water partition coefficient (Wildman–Crippen LogP) is 2.62. The number of benzene rings is 1. The number of aliphatic carboxylic acids is 1. The first-order chi connectivity index (χ1) is 12.5. The minimum Gasteiger partial charge on any atom is -0.480 e. The maximum absolute atomic E-state index is 12.9. The molecule has 2 aliphatic heterocycles. The van der Waals surface area contributed by atoms with Gasteiger partial charge in [0, 0.05) is 16.8 Å². The van der Waals surface area contributed by atoms with Gasteiger partial charge in [0.2, 0.25) is 5.91 Å². The van der Waals surface area contributed by atoms with E-state index in [1.807, 2.05) is 12.2 Å². The highest BCUT2D eigenvalue weighted by Gasteiger charge is 2.43. The number of carboxylic acid groups (broad SMARTS) is 1. The van der Waals surface area contributed by atoms with Gasteiger partial charge in [-0.05, 0) is 49.9 Å². The van der Waals surface area contributed by atoms with Crippen molar-refractivity contribution in [1.82, 2.24) is 10.2 Å². The molecule has 0 unspecified atom stereocenters. The van der Waals surface area contributed by atoms with Gasteiger partial charge in [0.15, 0.2) is 0 Å². The van der Waals surface area contributed by atoms with Crippen LogP contribution in [0.1, 0.15) is 25.7 Å². The van der Waals surface area contributed by atoms with Crippen LogP contribution < -0.4 is 10.6 Å². The molecule has 7 nitrogen and oxygen atoms in total. The quantitative estimate of drug-likeness (QED) is 0.705. The van der Waals surface area contributed by atoms with E-state index in [0.29, 0.717) is 36.4 Å². The molecule has 26 heavy (non-hydrogen) atoms. The van der Waals surface area contributed by atoms with E-state index >= 15 is 0 Å². The number of anilines is 1. The summed E-state index contributed by atoms with van der Waals surface area (Å²) < 4.78 is 0. The maximum Gasteiger partial charge on any atom is 0.326 e. The third kappa shape index (κ3) is 3.99. The van der Waals surface area contributed by atoms with Crippen LogP contribution in [0.2, 0.25) is 5.02 Å². The van der Waals surface area contributed by atoms with Gasteiger partial charge < -0.3 is 20.6 Å². The fourth-order valence-corrected chi connectivity index (χ4v) is 3.56. The van der Waals surface area contributed by atoms with Crippen molar-refractivity contribution in [3.8, 4) is 0 Å². The average molecular weight is 378 g/mol. The van der Waals surface area contributed by atoms with Crippen molar-refractivity contribution < 1.29 is 19.5 Å². The zero-order chi connectivity index (χ0) is 18.7. The summed E-state index contributed by atoms with van der Waals surface area (Å²) in [5.74, 6) is -1.36. The molecule has 138 valence electrons. The van der Waals surface area contributed by atoms with Crippen molar-refractivity contribution in [3.05, 3.63) is 41.4 Å². The standard InChI is InChI=1S/C18H20ClN3O4/c19-11-5-7-12(8-6-11)20-18(26)21-14-4-2-1-3-13-9-10-15(17(24)25)22(13)16(14)23/h1-2,5-8,13-15H,3-4,9-10H2,(H,24,25)(H2,20,21,26)/t13-,14+,15+/m1/s1. The molecule has 8 heteroatoms. The van der Waals surface area contributed by atoms with Crippen molar-refractivity contribution >= 4 is 35.2 Å². The van der Waals surface area contributed by atoms with E-state index < -0.39 is 24.1 Å². The smallest absolute Gasteiger partial charge is 0.326 e. The van der Waals surface area contributed by atoms with Crippen molar-refractivity contribution in [2.75, 3.05) is 5.32 Å². The van der Waals surface area contributed by atoms with Gasteiger partial charge in [-0.3, -0.25) is 4.79 Å². The van der Waals surface area contributed by atoms with Gasteiger partial charge in [0.1, 0.15) is 12.1 Å². The summed E-state index contributed by atoms with van der Waals surface area (Å²) in [6.07, 6.45) is 5.85. The molecule has 2 aliphatic rings. The van der Waals surface area contributed by atoms with E-state index in [2.05, 4.69) is 10.6 Å². The second kappa shape index (κ2) is 7.78. The van der Waals surface area contributed by atoms with E-state index in [0.717, 1.165) is 0 Å². The summed E-state index contributed by atoms with van der Waals surface area (Å²) in [6, 6.07) is 4.30. The minimum atomic E-state index is -1.00. The lowest BCUT2D eigenvalue weighted by Crippen LogP contribution is -2.55. The van der Waals surface area contributed by atoms with Gasteiger partial charge in [-0.2, -0.15) is 0 Å². The number of carbonyl (C=O) groups excluding carboxylic acids is 2. The van der Waals surface area contributed by atoms with Crippen molar-refractivity contribution in [3.63, 3.8) is 0 Å². The second-order valence-electron chi connectivity index (χ2n) is 6.43. The Hall–Kier alpha value is -2.54. The first kappa shape index (κ1) is 18.3. The fraction of sp³-hybridized carbons (Fsp3) is 0.389. The molecule has 3 amide bonds. The molecule has 2 heterocycles. The van der Waals surface area contributed by atoms with E-state index in [4.69, 9.17) is 11.6 Å². The molecular weight excluding hydrogens is 358 g/mol. The van der Waals surface area contributed by atoms with Gasteiger partial charge in [0.25, 0.3) is 0 Å². The number of carboxylic acids is 1. The normalized spacial score (nSPS) is 25.2. The molecule has 0 aliphatic carbocycles. The zero-order valence-corrected chi connectivity index (χ0v) is 14.8. The Kier molecular flexibility index (Phi) is 5.46. The molecule has 1 aromatic carbocycles. The second-order valence-corrected chi connectivity index (χ2v) is 6.87. The zero-order valence-electron chi connectivity index (χ0n) is 14.0. The number of hydrogen-bond acceptors (Lipinski definition) is 3. The van der Waals surface area contributed by atoms with Crippen LogP contribution in [-0.2, 0) is 9.59 Å². The largest absolute Gasteiger partial charge is 0.480 e. The number of nitrogens with zero attached hydrogens (tertiary/aromatic N) is 1. The Bertz CT molecular complexity index is 734. The number of rotatable bonds is 3. The third-order valence-electron chi connectivity index (χ3n) is 4.69. The van der Waals surface area contributed by atoms with E-state index in [1.54, 1.807) is 24.3 Å². The van der Waals surface area contributed by atoms with E-state index in [9.17, 15) is 19.5 Å². The third-order valence-corrected chi connectivity index (χ3v) is 4.95. The Morgan fingerprint density at radius 1 is 1.12 bits per heavy atom. The van der Waals surface area contributed by atoms with Crippen LogP contribution in [-0.4, -0.2) is 46.0 Å². The molecule has 0 saturated carbocycles. The number of amides is 3. The lowest BCUT2D eigenvalue weighted by atomic mass is 10.0. The summed E-state index contributed by atoms with van der Waals surface area (Å²) in [4.78, 5) is 38.1. The monoisotopic (exact) mass is 377 g/mol. The number of fused-ring (bicyclic) bond motifs is 1. The van der Waals surface area contributed by atoms with Crippen LogP contribution in [0.25, 0.3) is 0 Å². The van der Waals surface area contributed by atoms with Gasteiger partial charge >= 0.3 is 12.0 Å². The molecule has 1 saturated heterocycles. The van der Waals surface area contributed by atoms with Crippen LogP contribution in [0.5, 0.6) is 0 Å². The fourth-order valence-electron chi connectivity index (χ4n) is 3.44. The number of halogens is 1. The highest BCUT2D eigenvalue weighted by molar-refractivity contribution is 6.30. The van der Waals surface area contributed by atoms with Crippen LogP contribution in [0.3, 0.4) is 0 Å². The summed E-state index contributed by atoms with van der Waals surface area (Å²) in [5, 5.41) is 15.2. The molecular formula is C18H20ClN3O4. The number of urea groups is 1. The molecule has 0 spiro atoms. The Morgan fingerprint density at radius 2 is 1.81 bits per heavy atom. The highest BCUT2D eigenvalue weighted by Crippen LogP contribution is 2.29. The maximum atomic E-state index is 12.9. The first-order valence-corrected chi connectivity index (χ1v) is 8.86.